The topological polar surface area (TPSA) is 58.4 Å². The Morgan fingerprint density at radius 2 is 2.30 bits per heavy atom. The molecule has 0 unspecified atom stereocenters. The zero-order valence-corrected chi connectivity index (χ0v) is 11.4. The first kappa shape index (κ1) is 12.9. The molecule has 1 aromatic carbocycles. The zero-order chi connectivity index (χ0) is 14.1. The van der Waals surface area contributed by atoms with Gasteiger partial charge in [-0.25, -0.2) is 4.98 Å². The number of aromatic nitrogens is 2. The van der Waals surface area contributed by atoms with Gasteiger partial charge in [0.2, 0.25) is 0 Å². The van der Waals surface area contributed by atoms with Crippen LogP contribution >= 0.6 is 0 Å². The summed E-state index contributed by atoms with van der Waals surface area (Å²) in [6.07, 6.45) is 5.44. The molecule has 0 saturated carbocycles. The number of nitrogens with zero attached hydrogens (tertiary/aromatic N) is 3. The molecule has 1 amide bonds. The smallest absolute Gasteiger partial charge is 0.256 e. The maximum atomic E-state index is 12.6. The number of hydrogen-bond acceptors (Lipinski definition) is 3. The second-order valence-electron chi connectivity index (χ2n) is 5.18. The first-order chi connectivity index (χ1) is 9.65. The van der Waals surface area contributed by atoms with E-state index >= 15 is 0 Å². The van der Waals surface area contributed by atoms with Gasteiger partial charge in [-0.05, 0) is 25.5 Å². The lowest BCUT2D eigenvalue weighted by Gasteiger charge is -2.18. The first-order valence-electron chi connectivity index (χ1n) is 6.71. The number of likely N-dealkylation sites (tertiary alicyclic amines) is 1. The molecule has 5 heteroatoms. The molecule has 1 atom stereocenters. The van der Waals surface area contributed by atoms with Gasteiger partial charge in [-0.1, -0.05) is 11.6 Å². The van der Waals surface area contributed by atoms with Crippen LogP contribution in [0.1, 0.15) is 22.3 Å². The van der Waals surface area contributed by atoms with Crippen molar-refractivity contribution in [3.05, 3.63) is 48.0 Å². The fourth-order valence-electron chi connectivity index (χ4n) is 2.54. The Balaban J connectivity index is 1.99. The van der Waals surface area contributed by atoms with Gasteiger partial charge in [0.1, 0.15) is 0 Å². The average Bonchev–Trinajstić information content (AvgIpc) is 3.09. The number of carbonyl (C=O) groups is 1. The van der Waals surface area contributed by atoms with Gasteiger partial charge in [-0.15, -0.1) is 0 Å². The number of carbonyl (C=O) groups excluding carboxylic acids is 1. The van der Waals surface area contributed by atoms with Crippen molar-refractivity contribution in [2.75, 3.05) is 13.1 Å². The quantitative estimate of drug-likeness (QED) is 0.898. The maximum absolute atomic E-state index is 12.6. The van der Waals surface area contributed by atoms with Crippen LogP contribution in [-0.2, 0) is 0 Å². The highest BCUT2D eigenvalue weighted by atomic mass is 16.3. The highest BCUT2D eigenvalue weighted by Gasteiger charge is 2.27. The van der Waals surface area contributed by atoms with Crippen LogP contribution in [0, 0.1) is 6.92 Å². The van der Waals surface area contributed by atoms with Gasteiger partial charge in [0.25, 0.3) is 5.91 Å². The Labute approximate surface area is 117 Å². The molecule has 1 N–H and O–H groups in total. The van der Waals surface area contributed by atoms with E-state index in [1.807, 2.05) is 35.9 Å². The number of amides is 1. The molecule has 0 radical (unpaired) electrons. The molecule has 1 saturated heterocycles. The van der Waals surface area contributed by atoms with Crippen LogP contribution in [0.15, 0.2) is 36.9 Å². The summed E-state index contributed by atoms with van der Waals surface area (Å²) in [6.45, 7) is 2.99. The van der Waals surface area contributed by atoms with Crippen molar-refractivity contribution in [2.45, 2.75) is 19.4 Å². The van der Waals surface area contributed by atoms with Gasteiger partial charge in [0.15, 0.2) is 0 Å². The van der Waals surface area contributed by atoms with Crippen molar-refractivity contribution in [2.24, 2.45) is 0 Å². The van der Waals surface area contributed by atoms with Crippen molar-refractivity contribution in [1.29, 1.82) is 0 Å². The van der Waals surface area contributed by atoms with Gasteiger partial charge in [0.05, 0.1) is 23.7 Å². The minimum atomic E-state index is -0.402. The van der Waals surface area contributed by atoms with Crippen molar-refractivity contribution in [3.63, 3.8) is 0 Å². The van der Waals surface area contributed by atoms with E-state index in [4.69, 9.17) is 0 Å². The predicted molar refractivity (Wildman–Crippen MR) is 74.8 cm³/mol. The molecule has 2 aromatic rings. The minimum Gasteiger partial charge on any atom is -0.391 e. The molecule has 1 aliphatic heterocycles. The lowest BCUT2D eigenvalue weighted by atomic mass is 10.1. The molecule has 1 aromatic heterocycles. The van der Waals surface area contributed by atoms with Gasteiger partial charge >= 0.3 is 0 Å². The predicted octanol–water partition coefficient (Wildman–Crippen LogP) is 1.39. The number of aliphatic hydroxyl groups is 1. The van der Waals surface area contributed by atoms with E-state index in [0.717, 1.165) is 11.3 Å². The number of imidazole rings is 1. The lowest BCUT2D eigenvalue weighted by molar-refractivity contribution is 0.0765. The number of benzene rings is 1. The van der Waals surface area contributed by atoms with Crippen molar-refractivity contribution in [3.8, 4) is 5.69 Å². The summed E-state index contributed by atoms with van der Waals surface area (Å²) in [7, 11) is 0. The number of aryl methyl sites for hydroxylation is 1. The molecule has 0 spiro atoms. The normalized spacial score (nSPS) is 18.5. The van der Waals surface area contributed by atoms with Crippen molar-refractivity contribution >= 4 is 5.91 Å². The van der Waals surface area contributed by atoms with E-state index in [-0.39, 0.29) is 5.91 Å². The third-order valence-corrected chi connectivity index (χ3v) is 3.62. The number of β-amino-alcohol motifs (C(OH)–C–C–N with tert-alkyl or cyclic N) is 1. The molecular weight excluding hydrogens is 254 g/mol. The Hall–Kier alpha value is -2.14. The van der Waals surface area contributed by atoms with E-state index < -0.39 is 6.10 Å². The SMILES string of the molecule is Cc1ccc(-n2ccnc2)c(C(=O)N2CC[C@@H](O)C2)c1. The fraction of sp³-hybridized carbons (Fsp3) is 0.333. The van der Waals surface area contributed by atoms with Gasteiger partial charge in [0, 0.05) is 25.5 Å². The summed E-state index contributed by atoms with van der Waals surface area (Å²) in [6, 6.07) is 5.80. The standard InChI is InChI=1S/C15H17N3O2/c1-11-2-3-14(18-7-5-16-10-18)13(8-11)15(20)17-6-4-12(19)9-17/h2-3,5,7-8,10,12,19H,4,6,9H2,1H3/t12-/m1/s1. The summed E-state index contributed by atoms with van der Waals surface area (Å²) >= 11 is 0. The van der Waals surface area contributed by atoms with Crippen molar-refractivity contribution in [1.82, 2.24) is 14.5 Å². The zero-order valence-electron chi connectivity index (χ0n) is 11.4. The Bertz CT molecular complexity index is 622. The summed E-state index contributed by atoms with van der Waals surface area (Å²) < 4.78 is 1.83. The number of hydrogen-bond donors (Lipinski definition) is 1. The molecule has 20 heavy (non-hydrogen) atoms. The summed E-state index contributed by atoms with van der Waals surface area (Å²) in [5.41, 5.74) is 2.51. The molecule has 2 heterocycles. The summed E-state index contributed by atoms with van der Waals surface area (Å²) in [5, 5.41) is 9.59. The van der Waals surface area contributed by atoms with Crippen LogP contribution in [-0.4, -0.2) is 44.7 Å². The second-order valence-corrected chi connectivity index (χ2v) is 5.18. The van der Waals surface area contributed by atoms with E-state index in [0.29, 0.717) is 25.1 Å². The highest BCUT2D eigenvalue weighted by molar-refractivity contribution is 5.98. The molecule has 0 bridgehead atoms. The van der Waals surface area contributed by atoms with Crippen molar-refractivity contribution < 1.29 is 9.90 Å². The van der Waals surface area contributed by atoms with Crippen LogP contribution in [0.2, 0.25) is 0 Å². The van der Waals surface area contributed by atoms with Gasteiger partial charge in [-0.2, -0.15) is 0 Å². The molecule has 104 valence electrons. The third-order valence-electron chi connectivity index (χ3n) is 3.62. The number of rotatable bonds is 2. The summed E-state index contributed by atoms with van der Waals surface area (Å²) in [4.78, 5) is 18.4. The summed E-state index contributed by atoms with van der Waals surface area (Å²) in [5.74, 6) is -0.0334. The second kappa shape index (κ2) is 5.09. The maximum Gasteiger partial charge on any atom is 0.256 e. The molecule has 1 fully saturated rings. The molecule has 1 aliphatic rings. The average molecular weight is 271 g/mol. The Morgan fingerprint density at radius 3 is 2.95 bits per heavy atom. The van der Waals surface area contributed by atoms with Gasteiger partial charge in [-0.3, -0.25) is 4.79 Å². The van der Waals surface area contributed by atoms with E-state index in [1.165, 1.54) is 0 Å². The Kier molecular flexibility index (Phi) is 3.28. The largest absolute Gasteiger partial charge is 0.391 e. The van der Waals surface area contributed by atoms with E-state index in [2.05, 4.69) is 4.98 Å². The highest BCUT2D eigenvalue weighted by Crippen LogP contribution is 2.21. The van der Waals surface area contributed by atoms with Crippen LogP contribution in [0.5, 0.6) is 0 Å². The molecule has 0 aliphatic carbocycles. The van der Waals surface area contributed by atoms with Crippen LogP contribution in [0.25, 0.3) is 5.69 Å². The fourth-order valence-corrected chi connectivity index (χ4v) is 2.54. The Morgan fingerprint density at radius 1 is 1.45 bits per heavy atom. The first-order valence-corrected chi connectivity index (χ1v) is 6.71. The lowest BCUT2D eigenvalue weighted by Crippen LogP contribution is -2.30. The molecular formula is C15H17N3O2. The molecule has 3 rings (SSSR count). The van der Waals surface area contributed by atoms with Gasteiger partial charge < -0.3 is 14.6 Å². The minimum absolute atomic E-state index is 0.0334. The van der Waals surface area contributed by atoms with Crippen LogP contribution in [0.4, 0.5) is 0 Å². The van der Waals surface area contributed by atoms with E-state index in [9.17, 15) is 9.90 Å². The third kappa shape index (κ3) is 2.32. The monoisotopic (exact) mass is 271 g/mol. The van der Waals surface area contributed by atoms with Crippen LogP contribution < -0.4 is 0 Å². The molecule has 5 nitrogen and oxygen atoms in total. The van der Waals surface area contributed by atoms with Crippen LogP contribution in [0.3, 0.4) is 0 Å². The van der Waals surface area contributed by atoms with E-state index in [1.54, 1.807) is 17.4 Å². The number of aliphatic hydroxyl groups excluding tert-OH is 1.